The zero-order valence-electron chi connectivity index (χ0n) is 19.6. The molecule has 0 amide bonds. The second-order valence-corrected chi connectivity index (χ2v) is 9.86. The summed E-state index contributed by atoms with van der Waals surface area (Å²) in [5.41, 5.74) is 2.37. The number of benzene rings is 1. The van der Waals surface area contributed by atoms with Gasteiger partial charge in [-0.05, 0) is 48.7 Å². The predicted octanol–water partition coefficient (Wildman–Crippen LogP) is 4.46. The number of hydrogen-bond donors (Lipinski definition) is 0. The number of alkyl halides is 3. The number of fused-ring (bicyclic) bond motifs is 4. The third kappa shape index (κ3) is 4.20. The van der Waals surface area contributed by atoms with Crippen LogP contribution < -0.4 is 4.90 Å². The predicted molar refractivity (Wildman–Crippen MR) is 129 cm³/mol. The Balaban J connectivity index is 1.30. The molecule has 0 bridgehead atoms. The van der Waals surface area contributed by atoms with Gasteiger partial charge in [0.2, 0.25) is 0 Å². The van der Waals surface area contributed by atoms with Gasteiger partial charge in [-0.2, -0.15) is 18.3 Å². The van der Waals surface area contributed by atoms with Gasteiger partial charge in [-0.25, -0.2) is 9.67 Å². The first kappa shape index (κ1) is 23.2. The highest BCUT2D eigenvalue weighted by Gasteiger charge is 2.35. The number of piperidine rings is 1. The van der Waals surface area contributed by atoms with Crippen molar-refractivity contribution in [3.8, 4) is 5.69 Å². The van der Waals surface area contributed by atoms with Crippen molar-refractivity contribution in [3.05, 3.63) is 58.8 Å². The molecule has 36 heavy (non-hydrogen) atoms. The van der Waals surface area contributed by atoms with Crippen molar-refractivity contribution in [2.45, 2.75) is 38.0 Å². The van der Waals surface area contributed by atoms with E-state index in [1.54, 1.807) is 23.0 Å². The van der Waals surface area contributed by atoms with E-state index in [1.807, 2.05) is 29.8 Å². The fourth-order valence-electron chi connectivity index (χ4n) is 5.38. The van der Waals surface area contributed by atoms with Crippen LogP contribution in [0, 0.1) is 0 Å². The van der Waals surface area contributed by atoms with Crippen molar-refractivity contribution >= 4 is 28.5 Å². The summed E-state index contributed by atoms with van der Waals surface area (Å²) in [5.74, 6) is 2.34. The molecule has 4 aromatic rings. The molecule has 0 radical (unpaired) electrons. The zero-order valence-corrected chi connectivity index (χ0v) is 20.3. The number of nitrogens with zero attached hydrogens (tertiary/aromatic N) is 8. The van der Waals surface area contributed by atoms with Crippen LogP contribution in [0.15, 0.2) is 36.5 Å². The summed E-state index contributed by atoms with van der Waals surface area (Å²) in [4.78, 5) is 8.04. The first-order valence-electron chi connectivity index (χ1n) is 11.8. The summed E-state index contributed by atoms with van der Waals surface area (Å²) in [7, 11) is 1.89. The molecule has 1 fully saturated rings. The van der Waals surface area contributed by atoms with E-state index in [9.17, 15) is 13.2 Å². The van der Waals surface area contributed by atoms with E-state index in [2.05, 4.69) is 20.1 Å². The molecule has 3 aromatic heterocycles. The van der Waals surface area contributed by atoms with Gasteiger partial charge in [0.1, 0.15) is 5.82 Å². The van der Waals surface area contributed by atoms with E-state index in [0.29, 0.717) is 10.8 Å². The van der Waals surface area contributed by atoms with Gasteiger partial charge in [-0.3, -0.25) is 9.47 Å². The summed E-state index contributed by atoms with van der Waals surface area (Å²) in [6.45, 7) is 0.734. The number of pyridine rings is 1. The highest BCUT2D eigenvalue weighted by atomic mass is 35.5. The molecular weight excluding hydrogens is 493 g/mol. The fraction of sp³-hybridized carbons (Fsp3) is 0.417. The Morgan fingerprint density at radius 3 is 2.67 bits per heavy atom. The molecule has 0 aliphatic carbocycles. The molecule has 0 spiro atoms. The fourth-order valence-corrected chi connectivity index (χ4v) is 5.57. The number of aromatic nitrogens is 6. The summed E-state index contributed by atoms with van der Waals surface area (Å²) in [6, 6.07) is 9.30. The topological polar surface area (TPSA) is 67.9 Å². The number of aryl methyl sites for hydroxylation is 1. The van der Waals surface area contributed by atoms with Gasteiger partial charge in [0.25, 0.3) is 0 Å². The van der Waals surface area contributed by atoms with Gasteiger partial charge in [-0.15, -0.1) is 10.2 Å². The highest BCUT2D eigenvalue weighted by molar-refractivity contribution is 6.30. The molecule has 0 unspecified atom stereocenters. The summed E-state index contributed by atoms with van der Waals surface area (Å²) >= 11 is 6.22. The number of halogens is 4. The van der Waals surface area contributed by atoms with Crippen LogP contribution in [0.25, 0.3) is 16.7 Å². The maximum absolute atomic E-state index is 13.2. The lowest BCUT2D eigenvalue weighted by atomic mass is 9.95. The van der Waals surface area contributed by atoms with Gasteiger partial charge in [0.15, 0.2) is 17.3 Å². The molecule has 12 heteroatoms. The number of anilines is 1. The number of hydrogen-bond acceptors (Lipinski definition) is 6. The van der Waals surface area contributed by atoms with Crippen molar-refractivity contribution < 1.29 is 13.2 Å². The van der Waals surface area contributed by atoms with Crippen LogP contribution in [0.3, 0.4) is 0 Å². The first-order valence-corrected chi connectivity index (χ1v) is 12.2. The van der Waals surface area contributed by atoms with E-state index >= 15 is 0 Å². The lowest BCUT2D eigenvalue weighted by Crippen LogP contribution is -2.34. The minimum Gasteiger partial charge on any atom is -0.355 e. The Morgan fingerprint density at radius 1 is 1.08 bits per heavy atom. The van der Waals surface area contributed by atoms with Gasteiger partial charge in [0.05, 0.1) is 24.2 Å². The van der Waals surface area contributed by atoms with Crippen molar-refractivity contribution in [2.75, 3.05) is 24.5 Å². The van der Waals surface area contributed by atoms with Crippen LogP contribution in [0.2, 0.25) is 5.02 Å². The van der Waals surface area contributed by atoms with E-state index in [0.717, 1.165) is 59.9 Å². The number of rotatable bonds is 3. The molecule has 1 saturated heterocycles. The SMILES string of the molecule is Cn1nc(N2CCC(c3nnc4n3-c3ccc(Cl)cc3CN(CC(F)(F)F)C4)CC2)c2cccnc21. The summed E-state index contributed by atoms with van der Waals surface area (Å²) < 4.78 is 43.5. The molecule has 2 aliphatic heterocycles. The molecule has 0 saturated carbocycles. The Labute approximate surface area is 210 Å². The second-order valence-electron chi connectivity index (χ2n) is 9.43. The quantitative estimate of drug-likeness (QED) is 0.400. The van der Waals surface area contributed by atoms with E-state index in [1.165, 1.54) is 4.90 Å². The second kappa shape index (κ2) is 8.74. The molecule has 0 N–H and O–H groups in total. The van der Waals surface area contributed by atoms with Crippen molar-refractivity contribution in [3.63, 3.8) is 0 Å². The van der Waals surface area contributed by atoms with E-state index < -0.39 is 12.7 Å². The van der Waals surface area contributed by atoms with Gasteiger partial charge < -0.3 is 4.90 Å². The molecular formula is C24H24ClF3N8. The van der Waals surface area contributed by atoms with Crippen LogP contribution >= 0.6 is 11.6 Å². The normalized spacial score (nSPS) is 17.3. The summed E-state index contributed by atoms with van der Waals surface area (Å²) in [5, 5.41) is 15.0. The van der Waals surface area contributed by atoms with Gasteiger partial charge in [0, 0.05) is 43.8 Å². The summed E-state index contributed by atoms with van der Waals surface area (Å²) in [6.07, 6.45) is -0.899. The average molecular weight is 517 g/mol. The van der Waals surface area contributed by atoms with Crippen molar-refractivity contribution in [2.24, 2.45) is 7.05 Å². The highest BCUT2D eigenvalue weighted by Crippen LogP contribution is 2.36. The van der Waals surface area contributed by atoms with Crippen LogP contribution in [0.5, 0.6) is 0 Å². The lowest BCUT2D eigenvalue weighted by molar-refractivity contribution is -0.148. The molecule has 0 atom stereocenters. The first-order chi connectivity index (χ1) is 17.3. The average Bonchev–Trinajstić information content (AvgIpc) is 3.35. The molecule has 5 heterocycles. The minimum absolute atomic E-state index is 0.0601. The van der Waals surface area contributed by atoms with Crippen LogP contribution in [-0.4, -0.2) is 60.2 Å². The molecule has 2 aliphatic rings. The Morgan fingerprint density at radius 2 is 1.89 bits per heavy atom. The smallest absolute Gasteiger partial charge is 0.355 e. The maximum Gasteiger partial charge on any atom is 0.401 e. The third-order valence-corrected chi connectivity index (χ3v) is 7.17. The monoisotopic (exact) mass is 516 g/mol. The van der Waals surface area contributed by atoms with Gasteiger partial charge in [-0.1, -0.05) is 11.6 Å². The molecule has 8 nitrogen and oxygen atoms in total. The molecule has 6 rings (SSSR count). The lowest BCUT2D eigenvalue weighted by Gasteiger charge is -2.32. The van der Waals surface area contributed by atoms with Crippen LogP contribution in [0.4, 0.5) is 19.0 Å². The Kier molecular flexibility index (Phi) is 5.64. The third-order valence-electron chi connectivity index (χ3n) is 6.94. The van der Waals surface area contributed by atoms with E-state index in [4.69, 9.17) is 16.7 Å². The largest absolute Gasteiger partial charge is 0.401 e. The Hall–Kier alpha value is -3.18. The van der Waals surface area contributed by atoms with Crippen molar-refractivity contribution in [1.82, 2.24) is 34.4 Å². The zero-order chi connectivity index (χ0) is 25.0. The molecule has 188 valence electrons. The molecule has 1 aromatic carbocycles. The minimum atomic E-state index is -4.31. The Bertz CT molecular complexity index is 1420. The maximum atomic E-state index is 13.2. The van der Waals surface area contributed by atoms with Crippen LogP contribution in [-0.2, 0) is 20.1 Å². The van der Waals surface area contributed by atoms with Gasteiger partial charge >= 0.3 is 6.18 Å². The van der Waals surface area contributed by atoms with E-state index in [-0.39, 0.29) is 19.0 Å². The van der Waals surface area contributed by atoms with Crippen LogP contribution in [0.1, 0.15) is 36.0 Å². The van der Waals surface area contributed by atoms with Crippen molar-refractivity contribution in [1.29, 1.82) is 0 Å². The standard InChI is InChI=1S/C24H24ClF3N8/c1-33-22-18(3-2-8-29-22)23(32-33)35-9-6-15(7-10-35)21-31-30-20-13-34(14-24(26,27)28)12-16-11-17(25)4-5-19(16)36(20)21/h2-5,8,11,15H,6-7,9-10,12-14H2,1H3.